The fourth-order valence-electron chi connectivity index (χ4n) is 4.37. The van der Waals surface area contributed by atoms with Crippen LogP contribution in [0.25, 0.3) is 45.1 Å². The lowest BCUT2D eigenvalue weighted by Crippen LogP contribution is -2.11. The van der Waals surface area contributed by atoms with Crippen LogP contribution < -0.4 is 5.32 Å². The Balaban J connectivity index is 1.62. The molecule has 0 bridgehead atoms. The average molecular weight is 434 g/mol. The van der Waals surface area contributed by atoms with Gasteiger partial charge < -0.3 is 10.3 Å². The first kappa shape index (κ1) is 20.9. The minimum absolute atomic E-state index is 0.769. The smallest absolute Gasteiger partial charge is 0.159 e. The Morgan fingerprint density at radius 1 is 1.06 bits per heavy atom. The summed E-state index contributed by atoms with van der Waals surface area (Å²) in [5, 5.41) is 12.2. The van der Waals surface area contributed by atoms with E-state index in [1.54, 1.807) is 0 Å². The Morgan fingerprint density at radius 3 is 2.76 bits per heavy atom. The van der Waals surface area contributed by atoms with Gasteiger partial charge in [-0.1, -0.05) is 68.1 Å². The molecule has 0 spiro atoms. The number of nitrogens with zero attached hydrogens (tertiary/aromatic N) is 2. The first-order valence-corrected chi connectivity index (χ1v) is 11.3. The standard InChI is InChI=1S/C28H27N5/c1-4-18-10-7-8-12-22(18)21(5-2)19-14-15-24-23(16-19)27(33-32-24)28-30-25-13-9-11-20(17-29-6-3)26(25)31-28/h4-5,7-16,29H,1,6,17H2,2-3H3,(H,30,31)(H,32,33)/b21-5-. The van der Waals surface area contributed by atoms with E-state index in [-0.39, 0.29) is 0 Å². The minimum Gasteiger partial charge on any atom is -0.337 e. The van der Waals surface area contributed by atoms with Gasteiger partial charge in [0.25, 0.3) is 0 Å². The highest BCUT2D eigenvalue weighted by Gasteiger charge is 2.16. The molecule has 2 aromatic heterocycles. The molecule has 0 radical (unpaired) electrons. The predicted molar refractivity (Wildman–Crippen MR) is 138 cm³/mol. The maximum atomic E-state index is 4.93. The highest BCUT2D eigenvalue weighted by Crippen LogP contribution is 2.32. The minimum atomic E-state index is 0.769. The molecular formula is C28H27N5. The van der Waals surface area contributed by atoms with Gasteiger partial charge in [-0.15, -0.1) is 0 Å². The summed E-state index contributed by atoms with van der Waals surface area (Å²) in [6, 6.07) is 21.0. The van der Waals surface area contributed by atoms with Gasteiger partial charge in [0.2, 0.25) is 0 Å². The summed E-state index contributed by atoms with van der Waals surface area (Å²) in [6.07, 6.45) is 4.05. The van der Waals surface area contributed by atoms with Crippen molar-refractivity contribution in [2.45, 2.75) is 20.4 Å². The third-order valence-corrected chi connectivity index (χ3v) is 6.02. The van der Waals surface area contributed by atoms with Crippen LogP contribution in [0.1, 0.15) is 36.1 Å². The van der Waals surface area contributed by atoms with Crippen LogP contribution in [0.4, 0.5) is 0 Å². The van der Waals surface area contributed by atoms with Gasteiger partial charge >= 0.3 is 0 Å². The number of hydrogen-bond acceptors (Lipinski definition) is 3. The van der Waals surface area contributed by atoms with Crippen molar-refractivity contribution < 1.29 is 0 Å². The van der Waals surface area contributed by atoms with E-state index in [9.17, 15) is 0 Å². The van der Waals surface area contributed by atoms with Crippen molar-refractivity contribution in [1.82, 2.24) is 25.5 Å². The molecule has 0 aliphatic heterocycles. The van der Waals surface area contributed by atoms with Gasteiger partial charge in [-0.05, 0) is 59.5 Å². The Kier molecular flexibility index (Phi) is 5.63. The van der Waals surface area contributed by atoms with Crippen LogP contribution in [0.3, 0.4) is 0 Å². The second-order valence-electron chi connectivity index (χ2n) is 8.01. The van der Waals surface area contributed by atoms with Crippen LogP contribution in [-0.4, -0.2) is 26.7 Å². The van der Waals surface area contributed by atoms with Crippen LogP contribution in [0, 0.1) is 0 Å². The molecule has 164 valence electrons. The van der Waals surface area contributed by atoms with Crippen molar-refractivity contribution in [3.05, 3.63) is 95.6 Å². The third-order valence-electron chi connectivity index (χ3n) is 6.02. The number of benzene rings is 3. The molecule has 0 aliphatic carbocycles. The molecule has 0 saturated heterocycles. The van der Waals surface area contributed by atoms with Crippen LogP contribution in [0.2, 0.25) is 0 Å². The van der Waals surface area contributed by atoms with E-state index in [1.165, 1.54) is 5.56 Å². The van der Waals surface area contributed by atoms with Crippen molar-refractivity contribution in [3.63, 3.8) is 0 Å². The van der Waals surface area contributed by atoms with Gasteiger partial charge in [-0.3, -0.25) is 5.10 Å². The quantitative estimate of drug-likeness (QED) is 0.282. The van der Waals surface area contributed by atoms with Gasteiger partial charge in [-0.25, -0.2) is 4.98 Å². The fraction of sp³-hybridized carbons (Fsp3) is 0.143. The van der Waals surface area contributed by atoms with E-state index in [2.05, 4.69) is 102 Å². The number of aromatic amines is 2. The van der Waals surface area contributed by atoms with E-state index in [0.29, 0.717) is 0 Å². The molecule has 5 heteroatoms. The van der Waals surface area contributed by atoms with Crippen LogP contribution in [0.15, 0.2) is 73.3 Å². The average Bonchev–Trinajstić information content (AvgIpc) is 3.47. The second kappa shape index (κ2) is 8.88. The molecule has 3 N–H and O–H groups in total. The molecule has 2 heterocycles. The number of nitrogens with one attached hydrogen (secondary N) is 3. The topological polar surface area (TPSA) is 69.4 Å². The molecule has 0 fully saturated rings. The Labute approximate surface area is 193 Å². The molecule has 0 atom stereocenters. The fourth-order valence-corrected chi connectivity index (χ4v) is 4.37. The lowest BCUT2D eigenvalue weighted by atomic mass is 9.93. The number of rotatable bonds is 7. The summed E-state index contributed by atoms with van der Waals surface area (Å²) in [4.78, 5) is 8.40. The lowest BCUT2D eigenvalue weighted by Gasteiger charge is -2.11. The molecular weight excluding hydrogens is 406 g/mol. The summed E-state index contributed by atoms with van der Waals surface area (Å²) in [5.74, 6) is 0.769. The van der Waals surface area contributed by atoms with Crippen LogP contribution >= 0.6 is 0 Å². The second-order valence-corrected chi connectivity index (χ2v) is 8.01. The molecule has 5 rings (SSSR count). The third kappa shape index (κ3) is 3.77. The zero-order valence-corrected chi connectivity index (χ0v) is 18.9. The SMILES string of the molecule is C=Cc1ccccc1/C(=C\C)c1ccc2[nH]nc(-c3nc4c(CNCC)cccc4[nH]3)c2c1. The number of para-hydroxylation sites is 1. The van der Waals surface area contributed by atoms with E-state index >= 15 is 0 Å². The number of imidazole rings is 1. The lowest BCUT2D eigenvalue weighted by molar-refractivity contribution is 0.730. The van der Waals surface area contributed by atoms with E-state index in [0.717, 1.165) is 68.8 Å². The van der Waals surface area contributed by atoms with Gasteiger partial charge in [0.05, 0.1) is 16.6 Å². The molecule has 0 aliphatic rings. The summed E-state index contributed by atoms with van der Waals surface area (Å²) in [6.45, 7) is 9.87. The largest absolute Gasteiger partial charge is 0.337 e. The van der Waals surface area contributed by atoms with E-state index in [1.807, 2.05) is 12.1 Å². The van der Waals surface area contributed by atoms with E-state index < -0.39 is 0 Å². The molecule has 0 amide bonds. The molecule has 0 unspecified atom stereocenters. The zero-order chi connectivity index (χ0) is 22.8. The van der Waals surface area contributed by atoms with Gasteiger partial charge in [0.15, 0.2) is 5.82 Å². The van der Waals surface area contributed by atoms with Crippen molar-refractivity contribution in [2.24, 2.45) is 0 Å². The zero-order valence-electron chi connectivity index (χ0n) is 18.9. The van der Waals surface area contributed by atoms with Crippen molar-refractivity contribution in [2.75, 3.05) is 6.54 Å². The van der Waals surface area contributed by atoms with Gasteiger partial charge in [-0.2, -0.15) is 5.10 Å². The molecule has 5 aromatic rings. The Morgan fingerprint density at radius 2 is 1.94 bits per heavy atom. The predicted octanol–water partition coefficient (Wildman–Crippen LogP) is 6.31. The number of aromatic nitrogens is 4. The number of allylic oxidation sites excluding steroid dienone is 1. The van der Waals surface area contributed by atoms with Crippen molar-refractivity contribution >= 4 is 33.6 Å². The summed E-state index contributed by atoms with van der Waals surface area (Å²) >= 11 is 0. The molecule has 3 aromatic carbocycles. The number of fused-ring (bicyclic) bond motifs is 2. The first-order chi connectivity index (χ1) is 16.2. The highest BCUT2D eigenvalue weighted by atomic mass is 15.1. The van der Waals surface area contributed by atoms with Gasteiger partial charge in [0, 0.05) is 11.9 Å². The Bertz CT molecular complexity index is 1490. The Hall–Kier alpha value is -3.96. The molecule has 5 nitrogen and oxygen atoms in total. The van der Waals surface area contributed by atoms with Crippen LogP contribution in [0.5, 0.6) is 0 Å². The van der Waals surface area contributed by atoms with Crippen molar-refractivity contribution in [1.29, 1.82) is 0 Å². The van der Waals surface area contributed by atoms with Crippen LogP contribution in [-0.2, 0) is 6.54 Å². The summed E-state index contributed by atoms with van der Waals surface area (Å²) < 4.78 is 0. The number of hydrogen-bond donors (Lipinski definition) is 3. The normalized spacial score (nSPS) is 12.0. The summed E-state index contributed by atoms with van der Waals surface area (Å²) in [7, 11) is 0. The first-order valence-electron chi connectivity index (χ1n) is 11.3. The highest BCUT2D eigenvalue weighted by molar-refractivity contribution is 5.97. The molecule has 0 saturated carbocycles. The maximum absolute atomic E-state index is 4.93. The monoisotopic (exact) mass is 433 g/mol. The number of H-pyrrole nitrogens is 2. The van der Waals surface area contributed by atoms with Crippen molar-refractivity contribution in [3.8, 4) is 11.5 Å². The van der Waals surface area contributed by atoms with Gasteiger partial charge in [0.1, 0.15) is 5.69 Å². The summed E-state index contributed by atoms with van der Waals surface area (Å²) in [5.41, 5.74) is 9.55. The molecule has 33 heavy (non-hydrogen) atoms. The maximum Gasteiger partial charge on any atom is 0.159 e. The van der Waals surface area contributed by atoms with E-state index in [4.69, 9.17) is 4.98 Å².